The fraction of sp³-hybridized carbons (Fsp3) is 0.600. The molecule has 0 unspecified atom stereocenters. The number of likely N-dealkylation sites (tertiary alicyclic amines) is 1. The van der Waals surface area contributed by atoms with E-state index in [-0.39, 0.29) is 17.7 Å². The fourth-order valence-corrected chi connectivity index (χ4v) is 4.31. The van der Waals surface area contributed by atoms with Gasteiger partial charge in [0.1, 0.15) is 0 Å². The summed E-state index contributed by atoms with van der Waals surface area (Å²) < 4.78 is 0. The minimum absolute atomic E-state index is 0.0665. The van der Waals surface area contributed by atoms with Gasteiger partial charge in [-0.25, -0.2) is 0 Å². The molecule has 1 saturated heterocycles. The number of carbonyl (C=O) groups excluding carboxylic acids is 2. The predicted octanol–water partition coefficient (Wildman–Crippen LogP) is 1.84. The first-order valence-corrected chi connectivity index (χ1v) is 8.13. The minimum atomic E-state index is 0.0665. The van der Waals surface area contributed by atoms with Crippen molar-refractivity contribution in [2.75, 3.05) is 20.1 Å². The van der Waals surface area contributed by atoms with E-state index in [9.17, 15) is 9.59 Å². The summed E-state index contributed by atoms with van der Waals surface area (Å²) in [5, 5.41) is 2.73. The molecule has 2 aliphatic rings. The van der Waals surface area contributed by atoms with Crippen LogP contribution >= 0.6 is 11.3 Å². The van der Waals surface area contributed by atoms with Crippen molar-refractivity contribution in [3.63, 3.8) is 0 Å². The van der Waals surface area contributed by atoms with Crippen LogP contribution in [0.5, 0.6) is 0 Å². The number of nitrogens with zero attached hydrogens (tertiary/aromatic N) is 1. The number of rotatable bonds is 2. The SMILES string of the molecule is CNC(=O)[C@H]1CCc2sc(C(=O)N3CCCC3)cc2C1. The van der Waals surface area contributed by atoms with Crippen molar-refractivity contribution in [1.29, 1.82) is 0 Å². The van der Waals surface area contributed by atoms with Gasteiger partial charge in [0.2, 0.25) is 5.91 Å². The van der Waals surface area contributed by atoms with Crippen molar-refractivity contribution in [2.24, 2.45) is 5.92 Å². The Bertz CT molecular complexity index is 532. The molecule has 1 aliphatic heterocycles. The zero-order valence-corrected chi connectivity index (χ0v) is 12.6. The molecule has 2 heterocycles. The number of hydrogen-bond acceptors (Lipinski definition) is 3. The van der Waals surface area contributed by atoms with Crippen LogP contribution < -0.4 is 5.32 Å². The lowest BCUT2D eigenvalue weighted by atomic mass is 9.88. The Labute approximate surface area is 123 Å². The normalized spacial score (nSPS) is 21.6. The average molecular weight is 292 g/mol. The minimum Gasteiger partial charge on any atom is -0.359 e. The molecule has 0 bridgehead atoms. The van der Waals surface area contributed by atoms with E-state index in [4.69, 9.17) is 0 Å². The van der Waals surface area contributed by atoms with Gasteiger partial charge in [-0.05, 0) is 43.7 Å². The maximum Gasteiger partial charge on any atom is 0.263 e. The number of nitrogens with one attached hydrogen (secondary N) is 1. The van der Waals surface area contributed by atoms with Gasteiger partial charge in [-0.15, -0.1) is 11.3 Å². The molecule has 3 rings (SSSR count). The van der Waals surface area contributed by atoms with Crippen LogP contribution in [0.3, 0.4) is 0 Å². The monoisotopic (exact) mass is 292 g/mol. The molecule has 0 radical (unpaired) electrons. The molecule has 4 nitrogen and oxygen atoms in total. The second-order valence-corrected chi connectivity index (χ2v) is 6.75. The van der Waals surface area contributed by atoms with Crippen LogP contribution in [-0.2, 0) is 17.6 Å². The molecule has 1 aromatic heterocycles. The Morgan fingerprint density at radius 1 is 1.35 bits per heavy atom. The van der Waals surface area contributed by atoms with Crippen molar-refractivity contribution in [1.82, 2.24) is 10.2 Å². The Morgan fingerprint density at radius 2 is 2.10 bits per heavy atom. The van der Waals surface area contributed by atoms with E-state index >= 15 is 0 Å². The number of amides is 2. The molecule has 1 N–H and O–H groups in total. The highest BCUT2D eigenvalue weighted by Crippen LogP contribution is 2.33. The van der Waals surface area contributed by atoms with Crippen LogP contribution in [0.2, 0.25) is 0 Å². The molecule has 0 aromatic carbocycles. The first kappa shape index (κ1) is 13.6. The number of carbonyl (C=O) groups is 2. The Hall–Kier alpha value is -1.36. The summed E-state index contributed by atoms with van der Waals surface area (Å²) in [4.78, 5) is 28.2. The van der Waals surface area contributed by atoms with Crippen molar-refractivity contribution in [2.45, 2.75) is 32.1 Å². The number of fused-ring (bicyclic) bond motifs is 1. The molecule has 108 valence electrons. The van der Waals surface area contributed by atoms with Crippen LogP contribution in [-0.4, -0.2) is 36.9 Å². The molecule has 1 atom stereocenters. The third-order valence-corrected chi connectivity index (χ3v) is 5.53. The molecular formula is C15H20N2O2S. The van der Waals surface area contributed by atoms with E-state index in [0.717, 1.165) is 50.1 Å². The van der Waals surface area contributed by atoms with Gasteiger partial charge in [-0.1, -0.05) is 0 Å². The maximum atomic E-state index is 12.4. The third kappa shape index (κ3) is 2.46. The molecule has 1 aromatic rings. The zero-order valence-electron chi connectivity index (χ0n) is 11.8. The van der Waals surface area contributed by atoms with Gasteiger partial charge >= 0.3 is 0 Å². The highest BCUT2D eigenvalue weighted by Gasteiger charge is 2.28. The second-order valence-electron chi connectivity index (χ2n) is 5.61. The van der Waals surface area contributed by atoms with Crippen LogP contribution in [0, 0.1) is 5.92 Å². The number of aryl methyl sites for hydroxylation is 1. The first-order chi connectivity index (χ1) is 9.69. The van der Waals surface area contributed by atoms with Gasteiger partial charge < -0.3 is 10.2 Å². The second kappa shape index (κ2) is 5.56. The lowest BCUT2D eigenvalue weighted by Gasteiger charge is -2.20. The van der Waals surface area contributed by atoms with Gasteiger partial charge in [0.05, 0.1) is 4.88 Å². The highest BCUT2D eigenvalue weighted by molar-refractivity contribution is 7.14. The van der Waals surface area contributed by atoms with Crippen LogP contribution in [0.4, 0.5) is 0 Å². The first-order valence-electron chi connectivity index (χ1n) is 7.31. The van der Waals surface area contributed by atoms with Crippen molar-refractivity contribution >= 4 is 23.2 Å². The zero-order chi connectivity index (χ0) is 14.1. The lowest BCUT2D eigenvalue weighted by molar-refractivity contribution is -0.124. The predicted molar refractivity (Wildman–Crippen MR) is 79.0 cm³/mol. The average Bonchev–Trinajstić information content (AvgIpc) is 3.13. The van der Waals surface area contributed by atoms with Crippen LogP contribution in [0.1, 0.15) is 39.4 Å². The molecular weight excluding hydrogens is 272 g/mol. The molecule has 1 fully saturated rings. The summed E-state index contributed by atoms with van der Waals surface area (Å²) in [7, 11) is 1.69. The van der Waals surface area contributed by atoms with Crippen LogP contribution in [0.25, 0.3) is 0 Å². The maximum absolute atomic E-state index is 12.4. The van der Waals surface area contributed by atoms with E-state index in [1.54, 1.807) is 18.4 Å². The summed E-state index contributed by atoms with van der Waals surface area (Å²) in [6, 6.07) is 2.02. The summed E-state index contributed by atoms with van der Waals surface area (Å²) in [6.07, 6.45) is 4.83. The van der Waals surface area contributed by atoms with Gasteiger partial charge in [0.15, 0.2) is 0 Å². The van der Waals surface area contributed by atoms with E-state index < -0.39 is 0 Å². The van der Waals surface area contributed by atoms with E-state index in [2.05, 4.69) is 5.32 Å². The summed E-state index contributed by atoms with van der Waals surface area (Å²) in [5.74, 6) is 0.365. The van der Waals surface area contributed by atoms with Crippen molar-refractivity contribution in [3.8, 4) is 0 Å². The smallest absolute Gasteiger partial charge is 0.263 e. The lowest BCUT2D eigenvalue weighted by Crippen LogP contribution is -2.31. The van der Waals surface area contributed by atoms with E-state index in [0.29, 0.717) is 0 Å². The van der Waals surface area contributed by atoms with Crippen LogP contribution in [0.15, 0.2) is 6.07 Å². The van der Waals surface area contributed by atoms with Gasteiger partial charge in [0.25, 0.3) is 5.91 Å². The molecule has 0 saturated carbocycles. The highest BCUT2D eigenvalue weighted by atomic mass is 32.1. The molecule has 5 heteroatoms. The van der Waals surface area contributed by atoms with Gasteiger partial charge in [-0.3, -0.25) is 9.59 Å². The van der Waals surface area contributed by atoms with E-state index in [1.807, 2.05) is 11.0 Å². The molecule has 1 aliphatic carbocycles. The number of thiophene rings is 1. The Balaban J connectivity index is 1.76. The summed E-state index contributed by atoms with van der Waals surface area (Å²) in [6.45, 7) is 1.78. The molecule has 20 heavy (non-hydrogen) atoms. The summed E-state index contributed by atoms with van der Waals surface area (Å²) >= 11 is 1.63. The standard InChI is InChI=1S/C15H20N2O2S/c1-16-14(18)10-4-5-12-11(8-10)9-13(20-12)15(19)17-6-2-3-7-17/h9-10H,2-8H2,1H3,(H,16,18)/t10-/m0/s1. The topological polar surface area (TPSA) is 49.4 Å². The molecule has 2 amide bonds. The van der Waals surface area contributed by atoms with Gasteiger partial charge in [0, 0.05) is 30.9 Å². The Morgan fingerprint density at radius 3 is 2.80 bits per heavy atom. The molecule has 0 spiro atoms. The largest absolute Gasteiger partial charge is 0.359 e. The Kier molecular flexibility index (Phi) is 3.78. The van der Waals surface area contributed by atoms with E-state index in [1.165, 1.54) is 10.4 Å². The number of hydrogen-bond donors (Lipinski definition) is 1. The third-order valence-electron chi connectivity index (χ3n) is 4.30. The summed E-state index contributed by atoms with van der Waals surface area (Å²) in [5.41, 5.74) is 1.21. The van der Waals surface area contributed by atoms with Crippen molar-refractivity contribution in [3.05, 3.63) is 21.4 Å². The van der Waals surface area contributed by atoms with Crippen molar-refractivity contribution < 1.29 is 9.59 Å². The fourth-order valence-electron chi connectivity index (χ4n) is 3.13. The van der Waals surface area contributed by atoms with Gasteiger partial charge in [-0.2, -0.15) is 0 Å². The quantitative estimate of drug-likeness (QED) is 0.904.